The fourth-order valence-electron chi connectivity index (χ4n) is 9.89. The van der Waals surface area contributed by atoms with Gasteiger partial charge in [-0.25, -0.2) is 9.97 Å². The van der Waals surface area contributed by atoms with Crippen molar-refractivity contribution in [2.24, 2.45) is 0 Å². The van der Waals surface area contributed by atoms with E-state index in [0.717, 1.165) is 39.2 Å². The molecule has 0 spiro atoms. The zero-order chi connectivity index (χ0) is 41.0. The molecule has 0 N–H and O–H groups in total. The number of benzene rings is 9. The summed E-state index contributed by atoms with van der Waals surface area (Å²) in [6, 6.07) is 83.4. The van der Waals surface area contributed by atoms with Crippen molar-refractivity contribution in [3.05, 3.63) is 253 Å². The van der Waals surface area contributed by atoms with Gasteiger partial charge >= 0.3 is 0 Å². The molecule has 2 heterocycles. The highest BCUT2D eigenvalue weighted by Crippen LogP contribution is 2.57. The van der Waals surface area contributed by atoms with Gasteiger partial charge in [0.15, 0.2) is 5.82 Å². The normalized spacial score (nSPS) is 12.6. The van der Waals surface area contributed by atoms with Gasteiger partial charge in [-0.2, -0.15) is 0 Å². The molecule has 9 aromatic carbocycles. The molecule has 11 aromatic rings. The maximum atomic E-state index is 5.34. The van der Waals surface area contributed by atoms with Gasteiger partial charge in [0.1, 0.15) is 0 Å². The van der Waals surface area contributed by atoms with Crippen LogP contribution in [0, 0.1) is 0 Å². The first-order valence-corrected chi connectivity index (χ1v) is 22.0. The summed E-state index contributed by atoms with van der Waals surface area (Å²) >= 11 is 1.85. The molecule has 0 atom stereocenters. The van der Waals surface area contributed by atoms with Crippen molar-refractivity contribution in [2.45, 2.75) is 5.41 Å². The van der Waals surface area contributed by atoms with Gasteiger partial charge in [-0.05, 0) is 86.0 Å². The third-order valence-electron chi connectivity index (χ3n) is 12.6. The van der Waals surface area contributed by atoms with Crippen LogP contribution in [0.1, 0.15) is 22.3 Å². The number of thiophene rings is 1. The van der Waals surface area contributed by atoms with E-state index in [0.29, 0.717) is 5.82 Å². The van der Waals surface area contributed by atoms with Crippen molar-refractivity contribution < 1.29 is 0 Å². The Labute approximate surface area is 365 Å². The molecule has 0 unspecified atom stereocenters. The molecule has 290 valence electrons. The second kappa shape index (κ2) is 14.8. The van der Waals surface area contributed by atoms with E-state index in [1.54, 1.807) is 0 Å². The van der Waals surface area contributed by atoms with Gasteiger partial charge in [0, 0.05) is 36.9 Å². The maximum Gasteiger partial charge on any atom is 0.160 e. The van der Waals surface area contributed by atoms with Crippen LogP contribution in [0.5, 0.6) is 0 Å². The van der Waals surface area contributed by atoms with Crippen LogP contribution in [0.15, 0.2) is 231 Å². The highest BCUT2D eigenvalue weighted by Gasteiger charge is 2.46. The molecule has 0 bridgehead atoms. The first kappa shape index (κ1) is 36.2. The molecule has 2 aromatic heterocycles. The van der Waals surface area contributed by atoms with Crippen LogP contribution < -0.4 is 0 Å². The number of rotatable bonds is 7. The Morgan fingerprint density at radius 1 is 0.323 bits per heavy atom. The molecule has 2 nitrogen and oxygen atoms in total. The van der Waals surface area contributed by atoms with Crippen molar-refractivity contribution in [1.82, 2.24) is 9.97 Å². The van der Waals surface area contributed by atoms with Crippen LogP contribution in [0.3, 0.4) is 0 Å². The number of aromatic nitrogens is 2. The smallest absolute Gasteiger partial charge is 0.160 e. The zero-order valence-electron chi connectivity index (χ0n) is 33.7. The average Bonchev–Trinajstić information content (AvgIpc) is 3.89. The lowest BCUT2D eigenvalue weighted by Crippen LogP contribution is -2.28. The Morgan fingerprint density at radius 3 is 1.66 bits per heavy atom. The Bertz CT molecular complexity index is 3420. The van der Waals surface area contributed by atoms with Gasteiger partial charge in [0.2, 0.25) is 0 Å². The molecular formula is C59H38N2S. The van der Waals surface area contributed by atoms with E-state index in [1.807, 2.05) is 17.4 Å². The predicted octanol–water partition coefficient (Wildman–Crippen LogP) is 15.5. The lowest BCUT2D eigenvalue weighted by Gasteiger charge is -2.33. The lowest BCUT2D eigenvalue weighted by molar-refractivity contribution is 0.768. The van der Waals surface area contributed by atoms with Crippen molar-refractivity contribution in [2.75, 3.05) is 0 Å². The molecule has 0 amide bonds. The topological polar surface area (TPSA) is 25.8 Å². The number of hydrogen-bond donors (Lipinski definition) is 0. The van der Waals surface area contributed by atoms with Crippen LogP contribution >= 0.6 is 11.3 Å². The largest absolute Gasteiger partial charge is 0.228 e. The zero-order valence-corrected chi connectivity index (χ0v) is 34.6. The molecule has 0 aliphatic heterocycles. The molecule has 3 heteroatoms. The Morgan fingerprint density at radius 2 is 0.871 bits per heavy atom. The summed E-state index contributed by atoms with van der Waals surface area (Å²) in [5.74, 6) is 0.697. The van der Waals surface area contributed by atoms with Crippen molar-refractivity contribution in [3.63, 3.8) is 0 Å². The Kier molecular flexibility index (Phi) is 8.62. The third kappa shape index (κ3) is 5.78. The Hall–Kier alpha value is -7.72. The molecule has 62 heavy (non-hydrogen) atoms. The lowest BCUT2D eigenvalue weighted by atomic mass is 9.67. The van der Waals surface area contributed by atoms with E-state index in [-0.39, 0.29) is 0 Å². The molecule has 1 aliphatic carbocycles. The molecule has 0 fully saturated rings. The van der Waals surface area contributed by atoms with Gasteiger partial charge in [0.05, 0.1) is 16.8 Å². The minimum atomic E-state index is -0.449. The van der Waals surface area contributed by atoms with Gasteiger partial charge in [0.25, 0.3) is 0 Å². The summed E-state index contributed by atoms with van der Waals surface area (Å²) in [5.41, 5.74) is 16.7. The van der Waals surface area contributed by atoms with Gasteiger partial charge < -0.3 is 0 Å². The summed E-state index contributed by atoms with van der Waals surface area (Å²) < 4.78 is 2.60. The van der Waals surface area contributed by atoms with E-state index < -0.39 is 5.41 Å². The van der Waals surface area contributed by atoms with Crippen LogP contribution in [0.4, 0.5) is 0 Å². The maximum absolute atomic E-state index is 5.34. The average molecular weight is 807 g/mol. The fourth-order valence-corrected chi connectivity index (χ4v) is 11.0. The SMILES string of the molecule is c1ccc(-c2nc(-c3cccc(-c4cccc5sc6ccccc6c45)c3)cc(-c3ccccc3-c3ccc4c(c3)-c3ccccc3C4(c3ccccc3)c3ccccc3)n2)cc1. The minimum absolute atomic E-state index is 0.449. The molecule has 0 radical (unpaired) electrons. The highest BCUT2D eigenvalue weighted by molar-refractivity contribution is 7.25. The first-order valence-electron chi connectivity index (χ1n) is 21.1. The van der Waals surface area contributed by atoms with Crippen LogP contribution in [-0.4, -0.2) is 9.97 Å². The quantitative estimate of drug-likeness (QED) is 0.160. The second-order valence-electron chi connectivity index (χ2n) is 16.0. The van der Waals surface area contributed by atoms with E-state index >= 15 is 0 Å². The molecule has 0 saturated heterocycles. The van der Waals surface area contributed by atoms with Gasteiger partial charge in [-0.15, -0.1) is 11.3 Å². The van der Waals surface area contributed by atoms with Crippen LogP contribution in [-0.2, 0) is 5.41 Å². The Balaban J connectivity index is 1.03. The van der Waals surface area contributed by atoms with Crippen molar-refractivity contribution >= 4 is 31.5 Å². The molecular weight excluding hydrogens is 769 g/mol. The van der Waals surface area contributed by atoms with Gasteiger partial charge in [-0.1, -0.05) is 200 Å². The first-order chi connectivity index (χ1) is 30.7. The standard InChI is InChI=1S/C59H38N2S/c1-4-18-39(19-5-1)58-60-53(42-21-16-20-40(36-42)46-30-17-33-56-57(46)49-29-13-15-32-55(49)62-56)38-54(61-58)48-28-11-10-26-45(48)41-34-35-52-50(37-41)47-27-12-14-31-51(47)59(52,43-22-6-2-7-23-43)44-24-8-3-9-25-44/h1-38H. The molecule has 12 rings (SSSR count). The van der Waals surface area contributed by atoms with Crippen molar-refractivity contribution in [1.29, 1.82) is 0 Å². The molecule has 0 saturated carbocycles. The summed E-state index contributed by atoms with van der Waals surface area (Å²) in [4.78, 5) is 10.6. The van der Waals surface area contributed by atoms with E-state index in [2.05, 4.69) is 224 Å². The monoisotopic (exact) mass is 806 g/mol. The highest BCUT2D eigenvalue weighted by atomic mass is 32.1. The van der Waals surface area contributed by atoms with Crippen molar-refractivity contribution in [3.8, 4) is 67.3 Å². The summed E-state index contributed by atoms with van der Waals surface area (Å²) in [6.45, 7) is 0. The molecule has 1 aliphatic rings. The fraction of sp³-hybridized carbons (Fsp3) is 0.0169. The van der Waals surface area contributed by atoms with E-state index in [9.17, 15) is 0 Å². The summed E-state index contributed by atoms with van der Waals surface area (Å²) in [7, 11) is 0. The van der Waals surface area contributed by atoms with E-state index in [4.69, 9.17) is 9.97 Å². The second-order valence-corrected chi connectivity index (χ2v) is 17.1. The predicted molar refractivity (Wildman–Crippen MR) is 259 cm³/mol. The number of nitrogens with zero attached hydrogens (tertiary/aromatic N) is 2. The van der Waals surface area contributed by atoms with E-state index in [1.165, 1.54) is 64.7 Å². The van der Waals surface area contributed by atoms with Gasteiger partial charge in [-0.3, -0.25) is 0 Å². The third-order valence-corrected chi connectivity index (χ3v) is 13.7. The summed E-state index contributed by atoms with van der Waals surface area (Å²) in [5, 5.41) is 2.59. The number of hydrogen-bond acceptors (Lipinski definition) is 3. The summed E-state index contributed by atoms with van der Waals surface area (Å²) in [6.07, 6.45) is 0. The minimum Gasteiger partial charge on any atom is -0.228 e. The van der Waals surface area contributed by atoms with Crippen LogP contribution in [0.2, 0.25) is 0 Å². The van der Waals surface area contributed by atoms with Crippen LogP contribution in [0.25, 0.3) is 87.5 Å². The number of fused-ring (bicyclic) bond motifs is 6.